The molecule has 0 aliphatic carbocycles. The number of aromatic carboxylic acids is 1. The molecule has 0 unspecified atom stereocenters. The highest BCUT2D eigenvalue weighted by Gasteiger charge is 2.12. The molecule has 4 nitrogen and oxygen atoms in total. The maximum absolute atomic E-state index is 10.9. The van der Waals surface area contributed by atoms with Gasteiger partial charge in [-0.25, -0.2) is 4.79 Å². The first-order valence-corrected chi connectivity index (χ1v) is 4.77. The summed E-state index contributed by atoms with van der Waals surface area (Å²) in [6.45, 7) is 0. The lowest BCUT2D eigenvalue weighted by Crippen LogP contribution is -2.02. The highest BCUT2D eigenvalue weighted by atomic mass is 16.4. The van der Waals surface area contributed by atoms with Crippen molar-refractivity contribution in [2.75, 3.05) is 0 Å². The van der Waals surface area contributed by atoms with E-state index in [-0.39, 0.29) is 11.4 Å². The van der Waals surface area contributed by atoms with Crippen molar-refractivity contribution in [3.63, 3.8) is 0 Å². The number of nitrogens with zero attached hydrogens (tertiary/aromatic N) is 1. The average molecular weight is 217 g/mol. The number of benzene rings is 1. The van der Waals surface area contributed by atoms with Crippen molar-refractivity contribution in [3.05, 3.63) is 42.2 Å². The first-order valence-electron chi connectivity index (χ1n) is 4.77. The number of para-hydroxylation sites is 1. The summed E-state index contributed by atoms with van der Waals surface area (Å²) in [6.07, 6.45) is 1.68. The van der Waals surface area contributed by atoms with E-state index in [1.807, 2.05) is 0 Å². The van der Waals surface area contributed by atoms with Crippen LogP contribution in [0.5, 0.6) is 5.75 Å². The maximum atomic E-state index is 10.9. The van der Waals surface area contributed by atoms with Crippen LogP contribution in [0.3, 0.4) is 0 Å². The Hall–Kier alpha value is -2.23. The summed E-state index contributed by atoms with van der Waals surface area (Å²) in [6, 6.07) is 8.37. The average Bonchev–Trinajstić information content (AvgIpc) is 2.61. The molecule has 0 fully saturated rings. The van der Waals surface area contributed by atoms with Crippen molar-refractivity contribution < 1.29 is 15.0 Å². The van der Waals surface area contributed by atoms with Crippen LogP contribution >= 0.6 is 0 Å². The Balaban J connectivity index is 2.54. The third-order valence-electron chi connectivity index (χ3n) is 2.44. The summed E-state index contributed by atoms with van der Waals surface area (Å²) in [4.78, 5) is 10.9. The molecule has 4 heteroatoms. The van der Waals surface area contributed by atoms with Crippen LogP contribution in [0.4, 0.5) is 0 Å². The lowest BCUT2D eigenvalue weighted by molar-refractivity contribution is 0.0686. The fourth-order valence-corrected chi connectivity index (χ4v) is 1.64. The molecule has 16 heavy (non-hydrogen) atoms. The Bertz CT molecular complexity index is 543. The van der Waals surface area contributed by atoms with Gasteiger partial charge >= 0.3 is 5.97 Å². The van der Waals surface area contributed by atoms with Crippen LogP contribution < -0.4 is 0 Å². The second kappa shape index (κ2) is 3.73. The number of phenols is 1. The zero-order valence-electron chi connectivity index (χ0n) is 8.71. The number of carbonyl (C=O) groups is 1. The Labute approximate surface area is 92.4 Å². The molecule has 0 spiro atoms. The van der Waals surface area contributed by atoms with Gasteiger partial charge in [-0.3, -0.25) is 0 Å². The van der Waals surface area contributed by atoms with Crippen LogP contribution in [0.2, 0.25) is 0 Å². The van der Waals surface area contributed by atoms with E-state index in [1.54, 1.807) is 37.5 Å². The molecule has 1 heterocycles. The molecule has 0 amide bonds. The van der Waals surface area contributed by atoms with Gasteiger partial charge in [0.05, 0.1) is 0 Å². The van der Waals surface area contributed by atoms with E-state index in [0.29, 0.717) is 11.1 Å². The fraction of sp³-hybridized carbons (Fsp3) is 0.0833. The fourth-order valence-electron chi connectivity index (χ4n) is 1.64. The topological polar surface area (TPSA) is 62.5 Å². The molecule has 1 aromatic carbocycles. The molecule has 0 atom stereocenters. The number of aromatic nitrogens is 1. The minimum Gasteiger partial charge on any atom is -0.507 e. The van der Waals surface area contributed by atoms with E-state index in [2.05, 4.69) is 0 Å². The Morgan fingerprint density at radius 2 is 2.00 bits per heavy atom. The largest absolute Gasteiger partial charge is 0.507 e. The van der Waals surface area contributed by atoms with Gasteiger partial charge in [-0.1, -0.05) is 18.2 Å². The van der Waals surface area contributed by atoms with Crippen LogP contribution in [-0.2, 0) is 7.05 Å². The van der Waals surface area contributed by atoms with Gasteiger partial charge < -0.3 is 14.8 Å². The van der Waals surface area contributed by atoms with Crippen LogP contribution in [0.15, 0.2) is 36.5 Å². The summed E-state index contributed by atoms with van der Waals surface area (Å²) in [5.41, 5.74) is 1.52. The van der Waals surface area contributed by atoms with Gasteiger partial charge in [-0.2, -0.15) is 0 Å². The predicted octanol–water partition coefficient (Wildman–Crippen LogP) is 2.10. The smallest absolute Gasteiger partial charge is 0.352 e. The van der Waals surface area contributed by atoms with Crippen molar-refractivity contribution in [1.82, 2.24) is 4.57 Å². The summed E-state index contributed by atoms with van der Waals surface area (Å²) in [5, 5.41) is 18.6. The van der Waals surface area contributed by atoms with Gasteiger partial charge in [-0.05, 0) is 12.1 Å². The van der Waals surface area contributed by atoms with Gasteiger partial charge in [0, 0.05) is 24.4 Å². The molecule has 82 valence electrons. The Morgan fingerprint density at radius 1 is 1.31 bits per heavy atom. The molecule has 2 aromatic rings. The summed E-state index contributed by atoms with van der Waals surface area (Å²) >= 11 is 0. The van der Waals surface area contributed by atoms with E-state index in [1.165, 1.54) is 10.6 Å². The van der Waals surface area contributed by atoms with Crippen molar-refractivity contribution >= 4 is 5.97 Å². The molecule has 0 aliphatic heterocycles. The van der Waals surface area contributed by atoms with E-state index < -0.39 is 5.97 Å². The number of hydrogen-bond acceptors (Lipinski definition) is 2. The summed E-state index contributed by atoms with van der Waals surface area (Å²) < 4.78 is 1.52. The lowest BCUT2D eigenvalue weighted by Gasteiger charge is -1.99. The third kappa shape index (κ3) is 1.65. The van der Waals surface area contributed by atoms with Crippen molar-refractivity contribution in [1.29, 1.82) is 0 Å². The molecule has 0 saturated carbocycles. The second-order valence-corrected chi connectivity index (χ2v) is 3.55. The monoisotopic (exact) mass is 217 g/mol. The number of hydrogen-bond donors (Lipinski definition) is 2. The quantitative estimate of drug-likeness (QED) is 0.809. The second-order valence-electron chi connectivity index (χ2n) is 3.55. The number of carboxylic acids is 1. The Kier molecular flexibility index (Phi) is 2.40. The van der Waals surface area contributed by atoms with Crippen molar-refractivity contribution in [3.8, 4) is 16.9 Å². The first-order chi connectivity index (χ1) is 7.59. The molecule has 2 N–H and O–H groups in total. The highest BCUT2D eigenvalue weighted by Crippen LogP contribution is 2.29. The number of phenolic OH excluding ortho intramolecular Hbond substituents is 1. The summed E-state index contributed by atoms with van der Waals surface area (Å²) in [7, 11) is 1.66. The zero-order chi connectivity index (χ0) is 11.7. The minimum atomic E-state index is -0.982. The van der Waals surface area contributed by atoms with Gasteiger partial charge in [0.25, 0.3) is 0 Å². The Morgan fingerprint density at radius 3 is 2.56 bits per heavy atom. The maximum Gasteiger partial charge on any atom is 0.352 e. The van der Waals surface area contributed by atoms with Gasteiger partial charge in [0.1, 0.15) is 11.4 Å². The lowest BCUT2D eigenvalue weighted by atomic mass is 10.1. The van der Waals surface area contributed by atoms with Gasteiger partial charge in [0.15, 0.2) is 0 Å². The first kappa shape index (κ1) is 10.3. The standard InChI is InChI=1S/C12H11NO3/c1-13-7-8(6-10(13)12(15)16)9-4-2-3-5-11(9)14/h2-7,14H,1H3,(H,15,16). The number of aryl methyl sites for hydroxylation is 1. The molecule has 2 rings (SSSR count). The minimum absolute atomic E-state index is 0.144. The van der Waals surface area contributed by atoms with E-state index in [4.69, 9.17) is 5.11 Å². The molecular weight excluding hydrogens is 206 g/mol. The zero-order valence-corrected chi connectivity index (χ0v) is 8.71. The van der Waals surface area contributed by atoms with Crippen LogP contribution in [0.1, 0.15) is 10.5 Å². The van der Waals surface area contributed by atoms with Gasteiger partial charge in [0.2, 0.25) is 0 Å². The number of aromatic hydroxyl groups is 1. The molecule has 1 aromatic heterocycles. The van der Waals surface area contributed by atoms with Crippen LogP contribution in [-0.4, -0.2) is 20.7 Å². The normalized spacial score (nSPS) is 10.3. The molecule has 0 saturated heterocycles. The van der Waals surface area contributed by atoms with Crippen molar-refractivity contribution in [2.45, 2.75) is 0 Å². The molecule has 0 aliphatic rings. The summed E-state index contributed by atoms with van der Waals surface area (Å²) in [5.74, 6) is -0.839. The van der Waals surface area contributed by atoms with Crippen molar-refractivity contribution in [2.24, 2.45) is 7.05 Å². The third-order valence-corrected chi connectivity index (χ3v) is 2.44. The van der Waals surface area contributed by atoms with E-state index in [0.717, 1.165) is 0 Å². The predicted molar refractivity (Wildman–Crippen MR) is 59.5 cm³/mol. The number of rotatable bonds is 2. The van der Waals surface area contributed by atoms with Gasteiger partial charge in [-0.15, -0.1) is 0 Å². The molecular formula is C12H11NO3. The molecule has 0 bridgehead atoms. The SMILES string of the molecule is Cn1cc(-c2ccccc2O)cc1C(=O)O. The molecule has 0 radical (unpaired) electrons. The van der Waals surface area contributed by atoms with Crippen LogP contribution in [0.25, 0.3) is 11.1 Å². The van der Waals surface area contributed by atoms with Crippen LogP contribution in [0, 0.1) is 0 Å². The number of carboxylic acid groups (broad SMARTS) is 1. The van der Waals surface area contributed by atoms with E-state index >= 15 is 0 Å². The highest BCUT2D eigenvalue weighted by molar-refractivity contribution is 5.88. The van der Waals surface area contributed by atoms with E-state index in [9.17, 15) is 9.90 Å².